The number of fused-ring (bicyclic) bond motifs is 1. The van der Waals surface area contributed by atoms with Gasteiger partial charge in [0.05, 0.1) is 24.7 Å². The molecule has 0 fully saturated rings. The minimum atomic E-state index is 0.130. The van der Waals surface area contributed by atoms with Gasteiger partial charge in [-0.05, 0) is 48.1 Å². The summed E-state index contributed by atoms with van der Waals surface area (Å²) in [7, 11) is 1.66. The molecule has 5 heteroatoms. The fraction of sp³-hybridized carbons (Fsp3) is 0.304. The maximum absolute atomic E-state index is 13.0. The molecular weight excluding hydrogens is 350 g/mol. The van der Waals surface area contributed by atoms with E-state index in [1.54, 1.807) is 7.11 Å². The van der Waals surface area contributed by atoms with Crippen LogP contribution in [0.5, 0.6) is 5.75 Å². The molecule has 1 aromatic heterocycles. The predicted molar refractivity (Wildman–Crippen MR) is 110 cm³/mol. The van der Waals surface area contributed by atoms with Crippen LogP contribution in [0.3, 0.4) is 0 Å². The number of carbonyl (C=O) groups is 1. The van der Waals surface area contributed by atoms with Crippen molar-refractivity contribution in [2.24, 2.45) is 0 Å². The third-order valence-electron chi connectivity index (χ3n) is 5.42. The van der Waals surface area contributed by atoms with Gasteiger partial charge in [0.25, 0.3) is 0 Å². The summed E-state index contributed by atoms with van der Waals surface area (Å²) >= 11 is 0. The highest BCUT2D eigenvalue weighted by Crippen LogP contribution is 2.41. The molecule has 0 radical (unpaired) electrons. The number of para-hydroxylation sites is 2. The Morgan fingerprint density at radius 2 is 2.00 bits per heavy atom. The second-order valence-electron chi connectivity index (χ2n) is 7.26. The molecule has 0 aliphatic carbocycles. The normalized spacial score (nSPS) is 15.9. The lowest BCUT2D eigenvalue weighted by molar-refractivity contribution is -0.118. The molecule has 0 saturated heterocycles. The standard InChI is InChI=1S/C23H25N3O2/c1-17-13-14-25(23-20(17)9-6-10-21(23)28-2)22(27)12-11-18-15-24-26(16-18)19-7-4-3-5-8-19/h3-10,15-17H,11-14H2,1-2H3. The first-order chi connectivity index (χ1) is 13.7. The largest absolute Gasteiger partial charge is 0.495 e. The van der Waals surface area contributed by atoms with Gasteiger partial charge in [-0.3, -0.25) is 4.79 Å². The lowest BCUT2D eigenvalue weighted by Crippen LogP contribution is -2.36. The summed E-state index contributed by atoms with van der Waals surface area (Å²) in [5.74, 6) is 1.33. The van der Waals surface area contributed by atoms with Gasteiger partial charge < -0.3 is 9.64 Å². The minimum absolute atomic E-state index is 0.130. The zero-order chi connectivity index (χ0) is 19.5. The summed E-state index contributed by atoms with van der Waals surface area (Å²) in [6, 6.07) is 16.0. The van der Waals surface area contributed by atoms with Crippen LogP contribution in [0.15, 0.2) is 60.9 Å². The molecule has 1 unspecified atom stereocenters. The molecule has 2 aromatic carbocycles. The number of ether oxygens (including phenoxy) is 1. The molecule has 144 valence electrons. The monoisotopic (exact) mass is 375 g/mol. The van der Waals surface area contributed by atoms with Gasteiger partial charge in [0.2, 0.25) is 5.91 Å². The van der Waals surface area contributed by atoms with Gasteiger partial charge in [0.15, 0.2) is 0 Å². The van der Waals surface area contributed by atoms with E-state index in [4.69, 9.17) is 4.74 Å². The van der Waals surface area contributed by atoms with Crippen LogP contribution in [0.2, 0.25) is 0 Å². The summed E-state index contributed by atoms with van der Waals surface area (Å²) < 4.78 is 7.40. The van der Waals surface area contributed by atoms with Crippen LogP contribution in [0.25, 0.3) is 5.69 Å². The van der Waals surface area contributed by atoms with Crippen molar-refractivity contribution in [3.8, 4) is 11.4 Å². The van der Waals surface area contributed by atoms with Crippen LogP contribution in [-0.4, -0.2) is 29.3 Å². The highest BCUT2D eigenvalue weighted by molar-refractivity contribution is 5.96. The predicted octanol–water partition coefficient (Wildman–Crippen LogP) is 4.35. The van der Waals surface area contributed by atoms with Crippen molar-refractivity contribution in [1.82, 2.24) is 9.78 Å². The second kappa shape index (κ2) is 7.89. The number of anilines is 1. The van der Waals surface area contributed by atoms with E-state index in [0.717, 1.165) is 35.7 Å². The molecule has 1 atom stereocenters. The van der Waals surface area contributed by atoms with E-state index in [0.29, 0.717) is 18.8 Å². The van der Waals surface area contributed by atoms with E-state index < -0.39 is 0 Å². The highest BCUT2D eigenvalue weighted by atomic mass is 16.5. The Labute approximate surface area is 165 Å². The summed E-state index contributed by atoms with van der Waals surface area (Å²) in [4.78, 5) is 14.9. The van der Waals surface area contributed by atoms with Crippen LogP contribution in [0, 0.1) is 0 Å². The Bertz CT molecular complexity index is 965. The van der Waals surface area contributed by atoms with Gasteiger partial charge >= 0.3 is 0 Å². The molecule has 0 spiro atoms. The summed E-state index contributed by atoms with van der Waals surface area (Å²) in [6.45, 7) is 2.94. The minimum Gasteiger partial charge on any atom is -0.495 e. The van der Waals surface area contributed by atoms with Crippen LogP contribution < -0.4 is 9.64 Å². The fourth-order valence-electron chi connectivity index (χ4n) is 3.83. The lowest BCUT2D eigenvalue weighted by Gasteiger charge is -2.34. The van der Waals surface area contributed by atoms with Crippen LogP contribution >= 0.6 is 0 Å². The van der Waals surface area contributed by atoms with Crippen LogP contribution in [-0.2, 0) is 11.2 Å². The van der Waals surface area contributed by atoms with Crippen molar-refractivity contribution >= 4 is 11.6 Å². The Kier molecular flexibility index (Phi) is 5.15. The van der Waals surface area contributed by atoms with Crippen molar-refractivity contribution in [1.29, 1.82) is 0 Å². The van der Waals surface area contributed by atoms with Gasteiger partial charge in [-0.1, -0.05) is 37.3 Å². The highest BCUT2D eigenvalue weighted by Gasteiger charge is 2.29. The number of benzene rings is 2. The maximum Gasteiger partial charge on any atom is 0.227 e. The first kappa shape index (κ1) is 18.3. The maximum atomic E-state index is 13.0. The number of aromatic nitrogens is 2. The topological polar surface area (TPSA) is 47.4 Å². The average molecular weight is 375 g/mol. The van der Waals surface area contributed by atoms with Gasteiger partial charge in [-0.2, -0.15) is 5.10 Å². The fourth-order valence-corrected chi connectivity index (χ4v) is 3.83. The molecule has 1 aliphatic rings. The van der Waals surface area contributed by atoms with Crippen molar-refractivity contribution < 1.29 is 9.53 Å². The summed E-state index contributed by atoms with van der Waals surface area (Å²) in [6.07, 6.45) is 5.93. The number of nitrogens with zero attached hydrogens (tertiary/aromatic N) is 3. The Balaban J connectivity index is 1.48. The van der Waals surface area contributed by atoms with Gasteiger partial charge in [-0.25, -0.2) is 4.68 Å². The van der Waals surface area contributed by atoms with E-state index in [1.165, 1.54) is 5.56 Å². The lowest BCUT2D eigenvalue weighted by atomic mass is 9.90. The molecular formula is C23H25N3O2. The van der Waals surface area contributed by atoms with E-state index in [1.807, 2.05) is 64.4 Å². The SMILES string of the molecule is COc1cccc2c1N(C(=O)CCc1cnn(-c3ccccc3)c1)CCC2C. The van der Waals surface area contributed by atoms with E-state index >= 15 is 0 Å². The Morgan fingerprint density at radius 3 is 2.79 bits per heavy atom. The molecule has 1 amide bonds. The number of hydrogen-bond acceptors (Lipinski definition) is 3. The molecule has 3 aromatic rings. The third-order valence-corrected chi connectivity index (χ3v) is 5.42. The second-order valence-corrected chi connectivity index (χ2v) is 7.26. The summed E-state index contributed by atoms with van der Waals surface area (Å²) in [5.41, 5.74) is 4.20. The van der Waals surface area contributed by atoms with Crippen molar-refractivity contribution in [3.63, 3.8) is 0 Å². The molecule has 5 nitrogen and oxygen atoms in total. The van der Waals surface area contributed by atoms with Crippen molar-refractivity contribution in [2.75, 3.05) is 18.6 Å². The number of amides is 1. The number of hydrogen-bond donors (Lipinski definition) is 0. The van der Waals surface area contributed by atoms with E-state index in [-0.39, 0.29) is 5.91 Å². The molecule has 4 rings (SSSR count). The van der Waals surface area contributed by atoms with Crippen molar-refractivity contribution in [3.05, 3.63) is 72.1 Å². The third kappa shape index (κ3) is 3.52. The van der Waals surface area contributed by atoms with Crippen LogP contribution in [0.4, 0.5) is 5.69 Å². The van der Waals surface area contributed by atoms with Crippen LogP contribution in [0.1, 0.15) is 36.8 Å². The van der Waals surface area contributed by atoms with Gasteiger partial charge in [0.1, 0.15) is 5.75 Å². The zero-order valence-corrected chi connectivity index (χ0v) is 16.3. The quantitative estimate of drug-likeness (QED) is 0.666. The first-order valence-electron chi connectivity index (χ1n) is 9.73. The number of rotatable bonds is 5. The van der Waals surface area contributed by atoms with Gasteiger partial charge in [0, 0.05) is 19.2 Å². The molecule has 0 bridgehead atoms. The number of carbonyl (C=O) groups excluding carboxylic acids is 1. The first-order valence-corrected chi connectivity index (χ1v) is 9.73. The van der Waals surface area contributed by atoms with E-state index in [9.17, 15) is 4.79 Å². The summed E-state index contributed by atoms with van der Waals surface area (Å²) in [5, 5.41) is 4.42. The Morgan fingerprint density at radius 1 is 1.18 bits per heavy atom. The molecule has 0 saturated carbocycles. The molecule has 0 N–H and O–H groups in total. The van der Waals surface area contributed by atoms with Crippen molar-refractivity contribution in [2.45, 2.75) is 32.1 Å². The van der Waals surface area contributed by atoms with Gasteiger partial charge in [-0.15, -0.1) is 0 Å². The van der Waals surface area contributed by atoms with E-state index in [2.05, 4.69) is 18.1 Å². The zero-order valence-electron chi connectivity index (χ0n) is 16.3. The molecule has 1 aliphatic heterocycles. The molecule has 2 heterocycles. The smallest absolute Gasteiger partial charge is 0.227 e. The number of aryl methyl sites for hydroxylation is 1. The average Bonchev–Trinajstić information content (AvgIpc) is 3.22. The number of methoxy groups -OCH3 is 1. The Hall–Kier alpha value is -3.08. The molecule has 28 heavy (non-hydrogen) atoms.